The lowest BCUT2D eigenvalue weighted by Gasteiger charge is -2.09. The lowest BCUT2D eigenvalue weighted by atomic mass is 10.2. The average molecular weight is 229 g/mol. The topological polar surface area (TPSA) is 42.4 Å². The number of nitrogens with zero attached hydrogens (tertiary/aromatic N) is 1. The molecule has 0 aliphatic carbocycles. The number of rotatable bonds is 4. The number of aliphatic hydroxyl groups is 1. The minimum atomic E-state index is -0.0189. The smallest absolute Gasteiger partial charge is 0.141 e. The molecule has 0 radical (unpaired) electrons. The van der Waals surface area contributed by atoms with Crippen LogP contribution in [0, 0.1) is 6.92 Å². The van der Waals surface area contributed by atoms with Gasteiger partial charge in [0.15, 0.2) is 0 Å². The Morgan fingerprint density at radius 3 is 2.65 bits per heavy atom. The molecule has 0 atom stereocenters. The molecule has 3 heteroatoms. The Bertz CT molecular complexity index is 483. The lowest BCUT2D eigenvalue weighted by Crippen LogP contribution is -1.99. The third-order valence-corrected chi connectivity index (χ3v) is 2.52. The zero-order valence-corrected chi connectivity index (χ0v) is 9.76. The van der Waals surface area contributed by atoms with Crippen molar-refractivity contribution in [3.8, 4) is 5.75 Å². The molecule has 3 nitrogen and oxygen atoms in total. The van der Waals surface area contributed by atoms with Crippen LogP contribution in [0.4, 0.5) is 0 Å². The highest BCUT2D eigenvalue weighted by atomic mass is 16.5. The first-order valence-electron chi connectivity index (χ1n) is 5.52. The number of hydrogen-bond acceptors (Lipinski definition) is 3. The molecule has 0 amide bonds. The SMILES string of the molecule is Cc1ncc(CO)cc1OCc1ccccc1. The Hall–Kier alpha value is -1.87. The van der Waals surface area contributed by atoms with Crippen LogP contribution >= 0.6 is 0 Å². The molecule has 1 aromatic carbocycles. The highest BCUT2D eigenvalue weighted by molar-refractivity contribution is 5.30. The average Bonchev–Trinajstić information content (AvgIpc) is 2.39. The molecular weight excluding hydrogens is 214 g/mol. The van der Waals surface area contributed by atoms with E-state index in [-0.39, 0.29) is 6.61 Å². The molecule has 0 saturated heterocycles. The number of aryl methyl sites for hydroxylation is 1. The Balaban J connectivity index is 2.08. The minimum Gasteiger partial charge on any atom is -0.487 e. The van der Waals surface area contributed by atoms with E-state index in [0.717, 1.165) is 22.6 Å². The lowest BCUT2D eigenvalue weighted by molar-refractivity contribution is 0.276. The number of aromatic nitrogens is 1. The van der Waals surface area contributed by atoms with Gasteiger partial charge in [0.2, 0.25) is 0 Å². The molecule has 1 N–H and O–H groups in total. The summed E-state index contributed by atoms with van der Waals surface area (Å²) < 4.78 is 5.69. The van der Waals surface area contributed by atoms with Crippen LogP contribution in [-0.4, -0.2) is 10.1 Å². The minimum absolute atomic E-state index is 0.0189. The van der Waals surface area contributed by atoms with Gasteiger partial charge in [-0.1, -0.05) is 30.3 Å². The van der Waals surface area contributed by atoms with E-state index in [0.29, 0.717) is 6.61 Å². The maximum atomic E-state index is 9.04. The van der Waals surface area contributed by atoms with Crippen molar-refractivity contribution in [2.75, 3.05) is 0 Å². The maximum Gasteiger partial charge on any atom is 0.141 e. The molecule has 0 unspecified atom stereocenters. The second-order valence-electron chi connectivity index (χ2n) is 3.86. The normalized spacial score (nSPS) is 10.2. The van der Waals surface area contributed by atoms with Crippen LogP contribution in [0.3, 0.4) is 0 Å². The van der Waals surface area contributed by atoms with Gasteiger partial charge in [-0.2, -0.15) is 0 Å². The summed E-state index contributed by atoms with van der Waals surface area (Å²) in [4.78, 5) is 4.18. The molecule has 0 fully saturated rings. The van der Waals surface area contributed by atoms with Crippen molar-refractivity contribution in [2.24, 2.45) is 0 Å². The van der Waals surface area contributed by atoms with Crippen molar-refractivity contribution in [1.82, 2.24) is 4.98 Å². The molecular formula is C14H15NO2. The van der Waals surface area contributed by atoms with E-state index in [1.165, 1.54) is 0 Å². The standard InChI is InChI=1S/C14H15NO2/c1-11-14(7-13(9-16)8-15-11)17-10-12-5-3-2-4-6-12/h2-8,16H,9-10H2,1H3. The summed E-state index contributed by atoms with van der Waals surface area (Å²) in [5, 5.41) is 9.04. The zero-order chi connectivity index (χ0) is 12.1. The number of benzene rings is 1. The maximum absolute atomic E-state index is 9.04. The first kappa shape index (κ1) is 11.6. The summed E-state index contributed by atoms with van der Waals surface area (Å²) in [5.74, 6) is 0.723. The Kier molecular flexibility index (Phi) is 3.73. The van der Waals surface area contributed by atoms with Crippen molar-refractivity contribution in [3.05, 3.63) is 59.4 Å². The van der Waals surface area contributed by atoms with Crippen LogP contribution in [0.5, 0.6) is 5.75 Å². The fourth-order valence-corrected chi connectivity index (χ4v) is 1.52. The predicted molar refractivity (Wildman–Crippen MR) is 65.7 cm³/mol. The summed E-state index contributed by atoms with van der Waals surface area (Å²) >= 11 is 0. The van der Waals surface area contributed by atoms with Gasteiger partial charge in [-0.15, -0.1) is 0 Å². The van der Waals surface area contributed by atoms with Gasteiger partial charge in [0.05, 0.1) is 12.3 Å². The van der Waals surface area contributed by atoms with Crippen molar-refractivity contribution in [3.63, 3.8) is 0 Å². The molecule has 1 aromatic heterocycles. The number of ether oxygens (including phenoxy) is 1. The van der Waals surface area contributed by atoms with Gasteiger partial charge >= 0.3 is 0 Å². The molecule has 1 heterocycles. The van der Waals surface area contributed by atoms with Crippen molar-refractivity contribution in [1.29, 1.82) is 0 Å². The fraction of sp³-hybridized carbons (Fsp3) is 0.214. The zero-order valence-electron chi connectivity index (χ0n) is 9.76. The van der Waals surface area contributed by atoms with E-state index < -0.39 is 0 Å². The first-order chi connectivity index (χ1) is 8.29. The van der Waals surface area contributed by atoms with E-state index in [9.17, 15) is 0 Å². The summed E-state index contributed by atoms with van der Waals surface area (Å²) in [6.45, 7) is 2.38. The van der Waals surface area contributed by atoms with Crippen LogP contribution in [-0.2, 0) is 13.2 Å². The Labute approximate surface area is 101 Å². The van der Waals surface area contributed by atoms with Crippen LogP contribution < -0.4 is 4.74 Å². The van der Waals surface area contributed by atoms with Gasteiger partial charge < -0.3 is 9.84 Å². The largest absolute Gasteiger partial charge is 0.487 e. The molecule has 88 valence electrons. The summed E-state index contributed by atoms with van der Waals surface area (Å²) in [5.41, 5.74) is 2.71. The molecule has 0 aliphatic rings. The van der Waals surface area contributed by atoms with E-state index >= 15 is 0 Å². The van der Waals surface area contributed by atoms with Crippen molar-refractivity contribution in [2.45, 2.75) is 20.1 Å². The van der Waals surface area contributed by atoms with Crippen molar-refractivity contribution < 1.29 is 9.84 Å². The number of hydrogen-bond donors (Lipinski definition) is 1. The van der Waals surface area contributed by atoms with Gasteiger partial charge in [0.1, 0.15) is 12.4 Å². The van der Waals surface area contributed by atoms with E-state index in [1.54, 1.807) is 6.20 Å². The van der Waals surface area contributed by atoms with Crippen LogP contribution in [0.1, 0.15) is 16.8 Å². The van der Waals surface area contributed by atoms with Gasteiger partial charge in [-0.25, -0.2) is 0 Å². The van der Waals surface area contributed by atoms with Crippen molar-refractivity contribution >= 4 is 0 Å². The van der Waals surface area contributed by atoms with Crippen LogP contribution in [0.25, 0.3) is 0 Å². The molecule has 0 bridgehead atoms. The highest BCUT2D eigenvalue weighted by Crippen LogP contribution is 2.18. The summed E-state index contributed by atoms with van der Waals surface area (Å²) in [7, 11) is 0. The van der Waals surface area contributed by atoms with Gasteiger partial charge in [-0.05, 0) is 24.1 Å². The Morgan fingerprint density at radius 2 is 1.94 bits per heavy atom. The molecule has 0 aliphatic heterocycles. The number of pyridine rings is 1. The fourth-order valence-electron chi connectivity index (χ4n) is 1.52. The van der Waals surface area contributed by atoms with E-state index in [2.05, 4.69) is 4.98 Å². The molecule has 2 rings (SSSR count). The predicted octanol–water partition coefficient (Wildman–Crippen LogP) is 2.46. The van der Waals surface area contributed by atoms with Gasteiger partial charge in [0.25, 0.3) is 0 Å². The first-order valence-corrected chi connectivity index (χ1v) is 5.52. The monoisotopic (exact) mass is 229 g/mol. The summed E-state index contributed by atoms with van der Waals surface area (Å²) in [6.07, 6.45) is 1.66. The van der Waals surface area contributed by atoms with E-state index in [4.69, 9.17) is 9.84 Å². The number of aliphatic hydroxyl groups excluding tert-OH is 1. The molecule has 17 heavy (non-hydrogen) atoms. The van der Waals surface area contributed by atoms with Crippen LogP contribution in [0.15, 0.2) is 42.6 Å². The molecule has 2 aromatic rings. The van der Waals surface area contributed by atoms with E-state index in [1.807, 2.05) is 43.3 Å². The third-order valence-electron chi connectivity index (χ3n) is 2.52. The molecule has 0 spiro atoms. The molecule has 0 saturated carbocycles. The Morgan fingerprint density at radius 1 is 1.18 bits per heavy atom. The summed E-state index contributed by atoms with van der Waals surface area (Å²) in [6, 6.07) is 11.8. The second-order valence-corrected chi connectivity index (χ2v) is 3.86. The second kappa shape index (κ2) is 5.46. The van der Waals surface area contributed by atoms with Crippen LogP contribution in [0.2, 0.25) is 0 Å². The quantitative estimate of drug-likeness (QED) is 0.875. The highest BCUT2D eigenvalue weighted by Gasteiger charge is 2.03. The van der Waals surface area contributed by atoms with Gasteiger partial charge in [0, 0.05) is 6.20 Å². The van der Waals surface area contributed by atoms with Gasteiger partial charge in [-0.3, -0.25) is 4.98 Å². The third kappa shape index (κ3) is 3.04.